The van der Waals surface area contributed by atoms with Crippen LogP contribution in [0, 0.1) is 0 Å². The van der Waals surface area contributed by atoms with Gasteiger partial charge in [0.15, 0.2) is 0 Å². The van der Waals surface area contributed by atoms with Crippen LogP contribution in [0.25, 0.3) is 0 Å². The molecule has 1 N–H and O–H groups in total. The van der Waals surface area contributed by atoms with Gasteiger partial charge in [-0.2, -0.15) is 0 Å². The van der Waals surface area contributed by atoms with Gasteiger partial charge >= 0.3 is 5.97 Å². The molecule has 0 saturated carbocycles. The van der Waals surface area contributed by atoms with Crippen LogP contribution in [0.2, 0.25) is 0 Å². The van der Waals surface area contributed by atoms with Crippen LogP contribution in [0.15, 0.2) is 24.3 Å². The summed E-state index contributed by atoms with van der Waals surface area (Å²) in [6, 6.07) is 7.28. The van der Waals surface area contributed by atoms with Gasteiger partial charge in [-0.25, -0.2) is 0 Å². The van der Waals surface area contributed by atoms with Crippen LogP contribution in [0.4, 0.5) is 5.69 Å². The molecular weight excluding hydrogens is 296 g/mol. The zero-order valence-electron chi connectivity index (χ0n) is 13.3. The number of nitrogens with one attached hydrogen (secondary N) is 1. The van der Waals surface area contributed by atoms with E-state index >= 15 is 0 Å². The van der Waals surface area contributed by atoms with Gasteiger partial charge in [0.1, 0.15) is 5.78 Å². The molecule has 0 aromatic heterocycles. The summed E-state index contributed by atoms with van der Waals surface area (Å²) in [7, 11) is 0. The topological polar surface area (TPSA) is 75.7 Å². The molecular formula is C17H22N2O4. The van der Waals surface area contributed by atoms with E-state index in [-0.39, 0.29) is 24.8 Å². The first-order chi connectivity index (χ1) is 11.1. The monoisotopic (exact) mass is 318 g/mol. The number of esters is 1. The molecule has 1 saturated heterocycles. The number of rotatable bonds is 6. The van der Waals surface area contributed by atoms with Gasteiger partial charge in [-0.05, 0) is 31.2 Å². The lowest BCUT2D eigenvalue weighted by Crippen LogP contribution is -2.33. The second kappa shape index (κ2) is 8.31. The smallest absolute Gasteiger partial charge is 0.307 e. The van der Waals surface area contributed by atoms with Crippen molar-refractivity contribution in [3.8, 4) is 0 Å². The van der Waals surface area contributed by atoms with Gasteiger partial charge in [-0.1, -0.05) is 0 Å². The Morgan fingerprint density at radius 2 is 1.83 bits per heavy atom. The number of ether oxygens (including phenoxy) is 1. The minimum atomic E-state index is -0.317. The fourth-order valence-electron chi connectivity index (χ4n) is 2.45. The molecule has 0 bridgehead atoms. The molecule has 1 amide bonds. The molecule has 6 nitrogen and oxygen atoms in total. The Kier molecular flexibility index (Phi) is 6.14. The van der Waals surface area contributed by atoms with Crippen molar-refractivity contribution in [3.05, 3.63) is 29.8 Å². The predicted molar refractivity (Wildman–Crippen MR) is 86.5 cm³/mol. The van der Waals surface area contributed by atoms with E-state index in [4.69, 9.17) is 4.74 Å². The molecule has 0 atom stereocenters. The molecule has 0 spiro atoms. The molecule has 1 heterocycles. The fraction of sp³-hybridized carbons (Fsp3) is 0.471. The molecule has 1 aliphatic rings. The first-order valence-electron chi connectivity index (χ1n) is 7.90. The lowest BCUT2D eigenvalue weighted by molar-refractivity contribution is -0.142. The number of hydrogen-bond acceptors (Lipinski definition) is 5. The molecule has 1 aromatic carbocycles. The highest BCUT2D eigenvalue weighted by atomic mass is 16.5. The van der Waals surface area contributed by atoms with E-state index in [9.17, 15) is 14.4 Å². The van der Waals surface area contributed by atoms with Crippen molar-refractivity contribution in [2.24, 2.45) is 0 Å². The summed E-state index contributed by atoms with van der Waals surface area (Å²) >= 11 is 0. The number of carbonyl (C=O) groups excluding carboxylic acids is 3. The van der Waals surface area contributed by atoms with Gasteiger partial charge in [0, 0.05) is 43.7 Å². The van der Waals surface area contributed by atoms with Crippen molar-refractivity contribution < 1.29 is 19.1 Å². The standard InChI is InChI=1S/C17H22N2O4/c1-2-23-16(21)7-10-18-17(22)13-3-5-14(6-4-13)19-11-8-15(20)9-12-19/h3-6H,2,7-12H2,1H3,(H,18,22). The highest BCUT2D eigenvalue weighted by Crippen LogP contribution is 2.19. The van der Waals surface area contributed by atoms with E-state index in [0.717, 1.165) is 18.8 Å². The number of amides is 1. The van der Waals surface area contributed by atoms with Gasteiger partial charge < -0.3 is 15.0 Å². The van der Waals surface area contributed by atoms with Crippen LogP contribution in [-0.2, 0) is 14.3 Å². The quantitative estimate of drug-likeness (QED) is 0.805. The van der Waals surface area contributed by atoms with Crippen LogP contribution in [0.3, 0.4) is 0 Å². The van der Waals surface area contributed by atoms with Crippen LogP contribution < -0.4 is 10.2 Å². The summed E-state index contributed by atoms with van der Waals surface area (Å²) in [5, 5.41) is 2.70. The Balaban J connectivity index is 1.83. The average Bonchev–Trinajstić information content (AvgIpc) is 2.56. The third-order valence-electron chi connectivity index (χ3n) is 3.74. The Morgan fingerprint density at radius 3 is 2.43 bits per heavy atom. The van der Waals surface area contributed by atoms with Crippen LogP contribution in [-0.4, -0.2) is 43.9 Å². The first kappa shape index (κ1) is 17.0. The highest BCUT2D eigenvalue weighted by molar-refractivity contribution is 5.94. The number of hydrogen-bond donors (Lipinski definition) is 1. The first-order valence-corrected chi connectivity index (χ1v) is 7.90. The van der Waals surface area contributed by atoms with Crippen LogP contribution in [0.1, 0.15) is 36.5 Å². The van der Waals surface area contributed by atoms with Crippen LogP contribution >= 0.6 is 0 Å². The second-order valence-corrected chi connectivity index (χ2v) is 5.38. The molecule has 2 rings (SSSR count). The highest BCUT2D eigenvalue weighted by Gasteiger charge is 2.16. The van der Waals surface area contributed by atoms with Gasteiger partial charge in [-0.3, -0.25) is 14.4 Å². The van der Waals surface area contributed by atoms with E-state index in [1.54, 1.807) is 19.1 Å². The normalized spacial score (nSPS) is 14.5. The van der Waals surface area contributed by atoms with E-state index < -0.39 is 0 Å². The van der Waals surface area contributed by atoms with Crippen molar-refractivity contribution in [3.63, 3.8) is 0 Å². The largest absolute Gasteiger partial charge is 0.466 e. The predicted octanol–water partition coefficient (Wildman–Crippen LogP) is 1.54. The third-order valence-corrected chi connectivity index (χ3v) is 3.74. The summed E-state index contributed by atoms with van der Waals surface area (Å²) in [6.07, 6.45) is 1.33. The van der Waals surface area contributed by atoms with Crippen molar-refractivity contribution >= 4 is 23.3 Å². The van der Waals surface area contributed by atoms with Crippen molar-refractivity contribution in [1.29, 1.82) is 0 Å². The van der Waals surface area contributed by atoms with E-state index in [1.807, 2.05) is 12.1 Å². The summed E-state index contributed by atoms with van der Waals surface area (Å²) < 4.78 is 4.80. The molecule has 6 heteroatoms. The molecule has 23 heavy (non-hydrogen) atoms. The van der Waals surface area contributed by atoms with E-state index in [2.05, 4.69) is 10.2 Å². The minimum absolute atomic E-state index is 0.166. The molecule has 0 radical (unpaired) electrons. The Labute approximate surface area is 135 Å². The summed E-state index contributed by atoms with van der Waals surface area (Å²) in [6.45, 7) is 3.80. The second-order valence-electron chi connectivity index (χ2n) is 5.38. The fourth-order valence-corrected chi connectivity index (χ4v) is 2.45. The summed E-state index contributed by atoms with van der Waals surface area (Å²) in [4.78, 5) is 36.6. The molecule has 1 fully saturated rings. The SMILES string of the molecule is CCOC(=O)CCNC(=O)c1ccc(N2CCC(=O)CC2)cc1. The minimum Gasteiger partial charge on any atom is -0.466 e. The van der Waals surface area contributed by atoms with Crippen molar-refractivity contribution in [2.45, 2.75) is 26.2 Å². The molecule has 124 valence electrons. The number of benzene rings is 1. The van der Waals surface area contributed by atoms with Gasteiger partial charge in [-0.15, -0.1) is 0 Å². The number of piperidine rings is 1. The third kappa shape index (κ3) is 5.09. The maximum atomic E-state index is 12.0. The average molecular weight is 318 g/mol. The van der Waals surface area contributed by atoms with Gasteiger partial charge in [0.25, 0.3) is 5.91 Å². The lowest BCUT2D eigenvalue weighted by Gasteiger charge is -2.28. The van der Waals surface area contributed by atoms with Gasteiger partial charge in [0.05, 0.1) is 13.0 Å². The summed E-state index contributed by atoms with van der Waals surface area (Å²) in [5.41, 5.74) is 1.56. The zero-order chi connectivity index (χ0) is 16.7. The maximum absolute atomic E-state index is 12.0. The number of nitrogens with zero attached hydrogens (tertiary/aromatic N) is 1. The zero-order valence-corrected chi connectivity index (χ0v) is 13.3. The molecule has 1 aliphatic heterocycles. The van der Waals surface area contributed by atoms with Crippen LogP contribution in [0.5, 0.6) is 0 Å². The maximum Gasteiger partial charge on any atom is 0.307 e. The van der Waals surface area contributed by atoms with Crippen molar-refractivity contribution in [2.75, 3.05) is 31.1 Å². The lowest BCUT2D eigenvalue weighted by atomic mass is 10.1. The molecule has 0 unspecified atom stereocenters. The number of ketones is 1. The number of carbonyl (C=O) groups is 3. The Bertz CT molecular complexity index is 558. The summed E-state index contributed by atoms with van der Waals surface area (Å²) in [5.74, 6) is -0.226. The van der Waals surface area contributed by atoms with E-state index in [1.165, 1.54) is 0 Å². The Hall–Kier alpha value is -2.37. The van der Waals surface area contributed by atoms with E-state index in [0.29, 0.717) is 30.8 Å². The van der Waals surface area contributed by atoms with Gasteiger partial charge in [0.2, 0.25) is 0 Å². The Morgan fingerprint density at radius 1 is 1.17 bits per heavy atom. The molecule has 0 aliphatic carbocycles. The molecule has 1 aromatic rings. The van der Waals surface area contributed by atoms with Crippen molar-refractivity contribution in [1.82, 2.24) is 5.32 Å². The number of Topliss-reactive ketones (excluding diaryl/α,β-unsaturated/α-hetero) is 1. The number of anilines is 1.